The van der Waals surface area contributed by atoms with Crippen LogP contribution in [-0.2, 0) is 14.2 Å². The van der Waals surface area contributed by atoms with Crippen LogP contribution in [0.1, 0.15) is 31.1 Å². The molecule has 0 saturated carbocycles. The summed E-state index contributed by atoms with van der Waals surface area (Å²) in [4.78, 5) is 10.8. The van der Waals surface area contributed by atoms with Gasteiger partial charge in [0.1, 0.15) is 12.2 Å². The van der Waals surface area contributed by atoms with Gasteiger partial charge in [-0.3, -0.25) is 10.1 Å². The topological polar surface area (TPSA) is 70.8 Å². The molecular formula is C20H23NO5. The molecule has 1 heterocycles. The van der Waals surface area contributed by atoms with E-state index in [0.29, 0.717) is 0 Å². The van der Waals surface area contributed by atoms with E-state index in [-0.39, 0.29) is 18.1 Å². The Morgan fingerprint density at radius 2 is 1.65 bits per heavy atom. The van der Waals surface area contributed by atoms with Gasteiger partial charge in [-0.05, 0) is 25.0 Å². The van der Waals surface area contributed by atoms with Gasteiger partial charge in [-0.15, -0.1) is 0 Å². The largest absolute Gasteiger partial charge is 0.356 e. The number of hydrogen-bond acceptors (Lipinski definition) is 5. The second kappa shape index (κ2) is 7.95. The van der Waals surface area contributed by atoms with Crippen LogP contribution in [0.2, 0.25) is 0 Å². The molecule has 6 nitrogen and oxygen atoms in total. The lowest BCUT2D eigenvalue weighted by molar-refractivity contribution is -0.495. The average Bonchev–Trinajstić information content (AvgIpc) is 2.99. The van der Waals surface area contributed by atoms with Crippen molar-refractivity contribution in [1.82, 2.24) is 0 Å². The van der Waals surface area contributed by atoms with Crippen LogP contribution >= 0.6 is 0 Å². The highest BCUT2D eigenvalue weighted by atomic mass is 16.8. The number of hydrogen-bond donors (Lipinski definition) is 0. The summed E-state index contributed by atoms with van der Waals surface area (Å²) in [6.07, 6.45) is -1.64. The standard InChI is InChI=1S/C20H23NO5/c1-20(2)24-14-18(26-20)17(13-21(22)23)25-19(15-9-5-3-6-10-15)16-11-7-4-8-12-16/h3-12,17-19H,13-14H2,1-2H3/t17-,18?/m1/s1. The van der Waals surface area contributed by atoms with Gasteiger partial charge in [0.2, 0.25) is 6.54 Å². The van der Waals surface area contributed by atoms with Gasteiger partial charge in [0.15, 0.2) is 11.9 Å². The Morgan fingerprint density at radius 3 is 2.08 bits per heavy atom. The fourth-order valence-electron chi connectivity index (χ4n) is 3.07. The predicted octanol–water partition coefficient (Wildman–Crippen LogP) is 3.59. The fraction of sp³-hybridized carbons (Fsp3) is 0.400. The third-order valence-corrected chi connectivity index (χ3v) is 4.29. The van der Waals surface area contributed by atoms with Crippen molar-refractivity contribution in [2.75, 3.05) is 13.2 Å². The fourth-order valence-corrected chi connectivity index (χ4v) is 3.07. The molecule has 1 aliphatic rings. The van der Waals surface area contributed by atoms with E-state index >= 15 is 0 Å². The molecule has 2 aromatic carbocycles. The van der Waals surface area contributed by atoms with Crippen LogP contribution in [0, 0.1) is 10.1 Å². The maximum atomic E-state index is 11.2. The Morgan fingerprint density at radius 1 is 1.12 bits per heavy atom. The lowest BCUT2D eigenvalue weighted by atomic mass is 10.0. The predicted molar refractivity (Wildman–Crippen MR) is 96.4 cm³/mol. The zero-order valence-corrected chi connectivity index (χ0v) is 14.9. The minimum absolute atomic E-state index is 0.266. The zero-order chi connectivity index (χ0) is 18.6. The normalized spacial score (nSPS) is 20.2. The molecular weight excluding hydrogens is 334 g/mol. The third-order valence-electron chi connectivity index (χ3n) is 4.29. The lowest BCUT2D eigenvalue weighted by Gasteiger charge is -2.27. The summed E-state index contributed by atoms with van der Waals surface area (Å²) >= 11 is 0. The molecule has 3 rings (SSSR count). The van der Waals surface area contributed by atoms with Gasteiger partial charge in [-0.1, -0.05) is 60.7 Å². The molecule has 1 aliphatic heterocycles. The molecule has 6 heteroatoms. The molecule has 26 heavy (non-hydrogen) atoms. The van der Waals surface area contributed by atoms with E-state index in [1.807, 2.05) is 60.7 Å². The van der Waals surface area contributed by atoms with Crippen LogP contribution in [0.3, 0.4) is 0 Å². The van der Waals surface area contributed by atoms with E-state index < -0.39 is 24.1 Å². The van der Waals surface area contributed by atoms with Crippen molar-refractivity contribution in [2.45, 2.75) is 37.9 Å². The molecule has 138 valence electrons. The number of rotatable bonds is 7. The zero-order valence-electron chi connectivity index (χ0n) is 14.9. The van der Waals surface area contributed by atoms with Crippen LogP contribution in [0.15, 0.2) is 60.7 Å². The molecule has 0 spiro atoms. The van der Waals surface area contributed by atoms with E-state index in [9.17, 15) is 10.1 Å². The van der Waals surface area contributed by atoms with E-state index in [0.717, 1.165) is 11.1 Å². The third kappa shape index (κ3) is 4.66. The first-order chi connectivity index (χ1) is 12.4. The minimum atomic E-state index is -0.766. The summed E-state index contributed by atoms with van der Waals surface area (Å²) in [5.41, 5.74) is 1.87. The number of benzene rings is 2. The van der Waals surface area contributed by atoms with Crippen molar-refractivity contribution in [3.05, 3.63) is 81.9 Å². The Bertz CT molecular complexity index is 680. The highest BCUT2D eigenvalue weighted by Gasteiger charge is 2.41. The smallest absolute Gasteiger partial charge is 0.232 e. The van der Waals surface area contributed by atoms with Crippen molar-refractivity contribution in [3.63, 3.8) is 0 Å². The van der Waals surface area contributed by atoms with Crippen molar-refractivity contribution in [1.29, 1.82) is 0 Å². The first kappa shape index (κ1) is 18.5. The van der Waals surface area contributed by atoms with Gasteiger partial charge in [0.05, 0.1) is 6.61 Å². The molecule has 1 unspecified atom stereocenters. The van der Waals surface area contributed by atoms with Crippen LogP contribution in [-0.4, -0.2) is 36.1 Å². The summed E-state index contributed by atoms with van der Waals surface area (Å²) in [6, 6.07) is 19.4. The van der Waals surface area contributed by atoms with Gasteiger partial charge in [0.25, 0.3) is 0 Å². The van der Waals surface area contributed by atoms with E-state index in [2.05, 4.69) is 0 Å². The molecule has 2 aromatic rings. The van der Waals surface area contributed by atoms with Gasteiger partial charge < -0.3 is 14.2 Å². The maximum absolute atomic E-state index is 11.2. The average molecular weight is 357 g/mol. The van der Waals surface area contributed by atoms with E-state index in [4.69, 9.17) is 14.2 Å². The van der Waals surface area contributed by atoms with E-state index in [1.165, 1.54) is 0 Å². The SMILES string of the molecule is CC1(C)OCC([C@@H](C[N+](=O)[O-])OC(c2ccccc2)c2ccccc2)O1. The minimum Gasteiger partial charge on any atom is -0.356 e. The first-order valence-electron chi connectivity index (χ1n) is 8.63. The second-order valence-electron chi connectivity index (χ2n) is 6.76. The summed E-state index contributed by atoms with van der Waals surface area (Å²) in [6.45, 7) is 3.51. The number of nitro groups is 1. The molecule has 0 amide bonds. The van der Waals surface area contributed by atoms with Crippen molar-refractivity contribution in [3.8, 4) is 0 Å². The van der Waals surface area contributed by atoms with Gasteiger partial charge in [0, 0.05) is 4.92 Å². The van der Waals surface area contributed by atoms with Gasteiger partial charge in [-0.25, -0.2) is 0 Å². The Hall–Kier alpha value is -2.28. The lowest BCUT2D eigenvalue weighted by Crippen LogP contribution is -2.39. The molecule has 0 aliphatic carbocycles. The second-order valence-corrected chi connectivity index (χ2v) is 6.76. The summed E-state index contributed by atoms with van der Waals surface area (Å²) < 4.78 is 17.7. The molecule has 1 saturated heterocycles. The Kier molecular flexibility index (Phi) is 5.66. The highest BCUT2D eigenvalue weighted by Crippen LogP contribution is 2.32. The Labute approximate surface area is 152 Å². The highest BCUT2D eigenvalue weighted by molar-refractivity contribution is 5.30. The molecule has 1 fully saturated rings. The van der Waals surface area contributed by atoms with Crippen LogP contribution < -0.4 is 0 Å². The quantitative estimate of drug-likeness (QED) is 0.559. The molecule has 0 N–H and O–H groups in total. The van der Waals surface area contributed by atoms with Gasteiger partial charge in [-0.2, -0.15) is 0 Å². The van der Waals surface area contributed by atoms with Crippen LogP contribution in [0.5, 0.6) is 0 Å². The number of nitrogens with zero attached hydrogens (tertiary/aromatic N) is 1. The molecule has 2 atom stereocenters. The molecule has 0 radical (unpaired) electrons. The van der Waals surface area contributed by atoms with Gasteiger partial charge >= 0.3 is 0 Å². The molecule has 0 bridgehead atoms. The van der Waals surface area contributed by atoms with Crippen molar-refractivity contribution in [2.24, 2.45) is 0 Å². The van der Waals surface area contributed by atoms with Crippen molar-refractivity contribution < 1.29 is 19.1 Å². The summed E-state index contributed by atoms with van der Waals surface area (Å²) in [5.74, 6) is -0.766. The maximum Gasteiger partial charge on any atom is 0.232 e. The molecule has 0 aromatic heterocycles. The first-order valence-corrected chi connectivity index (χ1v) is 8.63. The summed E-state index contributed by atoms with van der Waals surface area (Å²) in [5, 5.41) is 11.2. The van der Waals surface area contributed by atoms with E-state index in [1.54, 1.807) is 13.8 Å². The van der Waals surface area contributed by atoms with Crippen LogP contribution in [0.4, 0.5) is 0 Å². The van der Waals surface area contributed by atoms with Crippen molar-refractivity contribution >= 4 is 0 Å². The Balaban J connectivity index is 1.88. The monoisotopic (exact) mass is 357 g/mol. The number of ether oxygens (including phenoxy) is 3. The van der Waals surface area contributed by atoms with Crippen LogP contribution in [0.25, 0.3) is 0 Å². The summed E-state index contributed by atoms with van der Waals surface area (Å²) in [7, 11) is 0.